The number of nitrogens with one attached hydrogen (secondary N) is 1. The number of carbonyl (C=O) groups excluding carboxylic acids is 1. The van der Waals surface area contributed by atoms with Crippen LogP contribution in [0.3, 0.4) is 0 Å². The third kappa shape index (κ3) is 3.92. The Hall–Kier alpha value is -2.18. The third-order valence-electron chi connectivity index (χ3n) is 5.69. The van der Waals surface area contributed by atoms with Crippen molar-refractivity contribution >= 4 is 5.91 Å². The molecule has 2 saturated heterocycles. The van der Waals surface area contributed by atoms with E-state index in [1.807, 2.05) is 13.1 Å². The van der Waals surface area contributed by atoms with Gasteiger partial charge in [-0.05, 0) is 50.3 Å². The number of nitrogens with zero attached hydrogens (tertiary/aromatic N) is 2. The molecule has 1 spiro atoms. The Bertz CT molecular complexity index is 793. The summed E-state index contributed by atoms with van der Waals surface area (Å²) in [5.74, 6) is 0.984. The molecule has 1 amide bonds. The highest BCUT2D eigenvalue weighted by Gasteiger charge is 2.43. The zero-order valence-corrected chi connectivity index (χ0v) is 16.0. The lowest BCUT2D eigenvalue weighted by Gasteiger charge is -2.47. The van der Waals surface area contributed by atoms with Gasteiger partial charge < -0.3 is 19.4 Å². The molecule has 6 heteroatoms. The van der Waals surface area contributed by atoms with Gasteiger partial charge in [-0.1, -0.05) is 12.1 Å². The monoisotopic (exact) mass is 369 g/mol. The van der Waals surface area contributed by atoms with Crippen molar-refractivity contribution in [1.82, 2.24) is 14.9 Å². The second-order valence-electron chi connectivity index (χ2n) is 7.68. The standard InChI is InChI=1S/C21H27N3O3/c1-15-22-9-10-24(15)19-5-3-17(4-6-19)20-13-18(23-16(2)25)14-21(27-20)7-11-26-12-8-21/h3-6,9-10,18,20H,7-8,11-14H2,1-2H3,(H,23,25)/t18-,20-/m1/s1. The number of carbonyl (C=O) groups is 1. The molecule has 3 heterocycles. The van der Waals surface area contributed by atoms with E-state index < -0.39 is 0 Å². The molecule has 27 heavy (non-hydrogen) atoms. The van der Waals surface area contributed by atoms with Crippen LogP contribution in [0.4, 0.5) is 0 Å². The Labute approximate surface area is 159 Å². The van der Waals surface area contributed by atoms with Crippen LogP contribution in [0.15, 0.2) is 36.7 Å². The van der Waals surface area contributed by atoms with Crippen LogP contribution in [-0.4, -0.2) is 40.3 Å². The number of aromatic nitrogens is 2. The second-order valence-corrected chi connectivity index (χ2v) is 7.68. The number of hydrogen-bond acceptors (Lipinski definition) is 4. The minimum Gasteiger partial charge on any atom is -0.381 e. The Morgan fingerprint density at radius 1 is 1.26 bits per heavy atom. The lowest BCUT2D eigenvalue weighted by molar-refractivity contribution is -0.179. The highest BCUT2D eigenvalue weighted by molar-refractivity contribution is 5.73. The molecule has 1 aromatic heterocycles. The second kappa shape index (κ2) is 7.44. The maximum atomic E-state index is 11.6. The molecule has 0 radical (unpaired) electrons. The van der Waals surface area contributed by atoms with Crippen LogP contribution in [-0.2, 0) is 14.3 Å². The molecule has 2 fully saturated rings. The van der Waals surface area contributed by atoms with Crippen molar-refractivity contribution in [2.45, 2.75) is 57.3 Å². The summed E-state index contributed by atoms with van der Waals surface area (Å²) in [5, 5.41) is 3.12. The first kappa shape index (κ1) is 18.2. The summed E-state index contributed by atoms with van der Waals surface area (Å²) >= 11 is 0. The number of amides is 1. The van der Waals surface area contributed by atoms with Gasteiger partial charge in [0.2, 0.25) is 5.91 Å². The molecule has 0 saturated carbocycles. The molecule has 6 nitrogen and oxygen atoms in total. The molecular weight excluding hydrogens is 342 g/mol. The minimum absolute atomic E-state index is 0.0216. The molecule has 2 atom stereocenters. The molecule has 0 bridgehead atoms. The molecule has 1 aromatic carbocycles. The summed E-state index contributed by atoms with van der Waals surface area (Å²) in [7, 11) is 0. The van der Waals surface area contributed by atoms with Crippen molar-refractivity contribution in [1.29, 1.82) is 0 Å². The zero-order valence-electron chi connectivity index (χ0n) is 16.0. The summed E-state index contributed by atoms with van der Waals surface area (Å²) in [4.78, 5) is 15.9. The van der Waals surface area contributed by atoms with Gasteiger partial charge >= 0.3 is 0 Å². The summed E-state index contributed by atoms with van der Waals surface area (Å²) in [5.41, 5.74) is 2.04. The Kier molecular flexibility index (Phi) is 5.02. The van der Waals surface area contributed by atoms with Crippen LogP contribution >= 0.6 is 0 Å². The summed E-state index contributed by atoms with van der Waals surface area (Å²) < 4.78 is 14.2. The van der Waals surface area contributed by atoms with Crippen LogP contribution in [0.5, 0.6) is 0 Å². The van der Waals surface area contributed by atoms with Gasteiger partial charge in [-0.3, -0.25) is 4.79 Å². The van der Waals surface area contributed by atoms with Crippen molar-refractivity contribution in [2.75, 3.05) is 13.2 Å². The van der Waals surface area contributed by atoms with Crippen molar-refractivity contribution in [3.8, 4) is 5.69 Å². The van der Waals surface area contributed by atoms with E-state index in [1.54, 1.807) is 13.1 Å². The molecular formula is C21H27N3O3. The molecule has 0 aliphatic carbocycles. The lowest BCUT2D eigenvalue weighted by Crippen LogP contribution is -2.51. The first-order valence-electron chi connectivity index (χ1n) is 9.68. The minimum atomic E-state index is -0.201. The molecule has 2 aromatic rings. The average Bonchev–Trinajstić information content (AvgIpc) is 3.07. The lowest BCUT2D eigenvalue weighted by atomic mass is 9.81. The smallest absolute Gasteiger partial charge is 0.217 e. The van der Waals surface area contributed by atoms with Crippen LogP contribution in [0.1, 0.15) is 50.1 Å². The third-order valence-corrected chi connectivity index (χ3v) is 5.69. The van der Waals surface area contributed by atoms with Gasteiger partial charge in [0.05, 0.1) is 11.7 Å². The SMILES string of the molecule is CC(=O)N[C@@H]1C[C@H](c2ccc(-n3ccnc3C)cc2)OC2(CCOCC2)C1. The summed E-state index contributed by atoms with van der Waals surface area (Å²) in [6.07, 6.45) is 7.17. The largest absolute Gasteiger partial charge is 0.381 e. The molecule has 144 valence electrons. The fraction of sp³-hybridized carbons (Fsp3) is 0.524. The van der Waals surface area contributed by atoms with Crippen LogP contribution in [0, 0.1) is 6.92 Å². The van der Waals surface area contributed by atoms with Crippen molar-refractivity contribution in [3.05, 3.63) is 48.0 Å². The summed E-state index contributed by atoms with van der Waals surface area (Å²) in [6, 6.07) is 8.60. The Balaban J connectivity index is 1.57. The van der Waals surface area contributed by atoms with E-state index in [-0.39, 0.29) is 23.7 Å². The van der Waals surface area contributed by atoms with Gasteiger partial charge in [0.25, 0.3) is 0 Å². The van der Waals surface area contributed by atoms with E-state index in [1.165, 1.54) is 0 Å². The average molecular weight is 369 g/mol. The van der Waals surface area contributed by atoms with Gasteiger partial charge in [0.1, 0.15) is 5.82 Å². The van der Waals surface area contributed by atoms with Gasteiger partial charge in [-0.15, -0.1) is 0 Å². The molecule has 2 aliphatic heterocycles. The Morgan fingerprint density at radius 2 is 2.00 bits per heavy atom. The number of rotatable bonds is 3. The van der Waals surface area contributed by atoms with Crippen LogP contribution in [0.2, 0.25) is 0 Å². The predicted octanol–water partition coefficient (Wildman–Crippen LogP) is 3.09. The number of benzene rings is 1. The normalized spacial score (nSPS) is 24.7. The van der Waals surface area contributed by atoms with E-state index in [0.717, 1.165) is 56.0 Å². The van der Waals surface area contributed by atoms with E-state index in [9.17, 15) is 4.79 Å². The van der Waals surface area contributed by atoms with Gasteiger partial charge in [-0.2, -0.15) is 0 Å². The van der Waals surface area contributed by atoms with Gasteiger partial charge in [0, 0.05) is 44.3 Å². The number of hydrogen-bond donors (Lipinski definition) is 1. The number of ether oxygens (including phenoxy) is 2. The number of aryl methyl sites for hydroxylation is 1. The van der Waals surface area contributed by atoms with E-state index in [2.05, 4.69) is 39.1 Å². The van der Waals surface area contributed by atoms with E-state index >= 15 is 0 Å². The maximum Gasteiger partial charge on any atom is 0.217 e. The zero-order chi connectivity index (χ0) is 18.9. The van der Waals surface area contributed by atoms with Crippen LogP contribution < -0.4 is 5.32 Å². The highest BCUT2D eigenvalue weighted by Crippen LogP contribution is 2.42. The molecule has 0 unspecified atom stereocenters. The van der Waals surface area contributed by atoms with Crippen molar-refractivity contribution in [3.63, 3.8) is 0 Å². The topological polar surface area (TPSA) is 65.4 Å². The molecule has 2 aliphatic rings. The fourth-order valence-electron chi connectivity index (χ4n) is 4.36. The first-order valence-corrected chi connectivity index (χ1v) is 9.68. The van der Waals surface area contributed by atoms with Crippen molar-refractivity contribution in [2.24, 2.45) is 0 Å². The first-order chi connectivity index (χ1) is 13.0. The molecule has 4 rings (SSSR count). The van der Waals surface area contributed by atoms with Gasteiger partial charge in [-0.25, -0.2) is 4.98 Å². The van der Waals surface area contributed by atoms with E-state index in [0.29, 0.717) is 0 Å². The summed E-state index contributed by atoms with van der Waals surface area (Å²) in [6.45, 7) is 5.02. The van der Waals surface area contributed by atoms with E-state index in [4.69, 9.17) is 9.47 Å². The van der Waals surface area contributed by atoms with Crippen molar-refractivity contribution < 1.29 is 14.3 Å². The van der Waals surface area contributed by atoms with Gasteiger partial charge in [0.15, 0.2) is 0 Å². The highest BCUT2D eigenvalue weighted by atomic mass is 16.5. The molecule has 1 N–H and O–H groups in total. The van der Waals surface area contributed by atoms with Crippen LogP contribution in [0.25, 0.3) is 5.69 Å². The number of imidazole rings is 1. The predicted molar refractivity (Wildman–Crippen MR) is 102 cm³/mol. The maximum absolute atomic E-state index is 11.6. The fourth-order valence-corrected chi connectivity index (χ4v) is 4.36. The Morgan fingerprint density at radius 3 is 2.63 bits per heavy atom. The quantitative estimate of drug-likeness (QED) is 0.903.